The largest absolute Gasteiger partial charge is 0.481 e. The molecule has 0 aromatic rings. The van der Waals surface area contributed by atoms with Gasteiger partial charge < -0.3 is 25.5 Å². The van der Waals surface area contributed by atoms with Crippen LogP contribution in [0.15, 0.2) is 0 Å². The molecule has 0 aromatic carbocycles. The van der Waals surface area contributed by atoms with Crippen LogP contribution in [0.1, 0.15) is 26.2 Å². The summed E-state index contributed by atoms with van der Waals surface area (Å²) in [6, 6.07) is -2.02. The van der Waals surface area contributed by atoms with Gasteiger partial charge in [0.2, 0.25) is 0 Å². The Morgan fingerprint density at radius 1 is 1.25 bits per heavy atom. The first-order valence-electron chi connectivity index (χ1n) is 6.49. The van der Waals surface area contributed by atoms with Gasteiger partial charge in [-0.2, -0.15) is 0 Å². The highest BCUT2D eigenvalue weighted by atomic mass is 16.4. The number of nitrogens with zero attached hydrogens (tertiary/aromatic N) is 1. The van der Waals surface area contributed by atoms with E-state index in [-0.39, 0.29) is 5.92 Å². The number of aliphatic hydroxyl groups is 1. The second-order valence-electron chi connectivity index (χ2n) is 5.00. The van der Waals surface area contributed by atoms with E-state index in [1.54, 1.807) is 6.92 Å². The monoisotopic (exact) mass is 288 g/mol. The minimum atomic E-state index is -1.44. The molecule has 0 bridgehead atoms. The number of carbonyl (C=O) groups excluding carboxylic acids is 1. The van der Waals surface area contributed by atoms with Crippen LogP contribution in [0.3, 0.4) is 0 Å². The maximum atomic E-state index is 11.9. The molecular formula is C12H20N2O6. The molecule has 1 saturated heterocycles. The molecule has 1 aliphatic rings. The van der Waals surface area contributed by atoms with E-state index in [4.69, 9.17) is 10.2 Å². The summed E-state index contributed by atoms with van der Waals surface area (Å²) in [4.78, 5) is 34.7. The maximum absolute atomic E-state index is 11.9. The van der Waals surface area contributed by atoms with Crippen LogP contribution in [0.5, 0.6) is 0 Å². The van der Waals surface area contributed by atoms with Gasteiger partial charge in [-0.25, -0.2) is 9.59 Å². The third kappa shape index (κ3) is 4.69. The van der Waals surface area contributed by atoms with Crippen molar-refractivity contribution in [1.29, 1.82) is 0 Å². The maximum Gasteiger partial charge on any atom is 0.326 e. The van der Waals surface area contributed by atoms with Crippen molar-refractivity contribution in [3.05, 3.63) is 0 Å². The van der Waals surface area contributed by atoms with Crippen LogP contribution in [0.2, 0.25) is 0 Å². The summed E-state index contributed by atoms with van der Waals surface area (Å²) in [5.74, 6) is -2.53. The Kier molecular flexibility index (Phi) is 5.75. The minimum absolute atomic E-state index is 0.133. The van der Waals surface area contributed by atoms with Gasteiger partial charge in [-0.15, -0.1) is 0 Å². The number of piperidine rings is 1. The number of rotatable bonds is 5. The highest BCUT2D eigenvalue weighted by Crippen LogP contribution is 2.20. The fourth-order valence-electron chi connectivity index (χ4n) is 2.20. The number of urea groups is 1. The number of carboxylic acid groups (broad SMARTS) is 2. The molecule has 1 fully saturated rings. The normalized spacial score (nSPS) is 19.2. The first kappa shape index (κ1) is 16.2. The van der Waals surface area contributed by atoms with E-state index >= 15 is 0 Å². The van der Waals surface area contributed by atoms with Crippen LogP contribution < -0.4 is 5.32 Å². The zero-order chi connectivity index (χ0) is 15.3. The van der Waals surface area contributed by atoms with E-state index in [0.717, 1.165) is 0 Å². The van der Waals surface area contributed by atoms with Gasteiger partial charge in [-0.05, 0) is 25.7 Å². The molecule has 0 saturated carbocycles. The van der Waals surface area contributed by atoms with E-state index < -0.39 is 36.5 Å². The Balaban J connectivity index is 2.50. The van der Waals surface area contributed by atoms with E-state index in [9.17, 15) is 19.5 Å². The average Bonchev–Trinajstić information content (AvgIpc) is 2.37. The quantitative estimate of drug-likeness (QED) is 0.551. The van der Waals surface area contributed by atoms with Crippen molar-refractivity contribution in [1.82, 2.24) is 10.2 Å². The standard InChI is InChI=1S/C12H20N2O6/c1-7(15)8-2-4-14(5-3-8)12(20)13-9(11(18)19)6-10(16)17/h7-9,15H,2-6H2,1H3,(H,13,20)(H,16,17)(H,18,19)/t7?,9-/m0/s1. The Labute approximate surface area is 116 Å². The number of amides is 2. The second kappa shape index (κ2) is 7.09. The number of aliphatic carboxylic acids is 2. The Hall–Kier alpha value is -1.83. The first-order chi connectivity index (χ1) is 9.31. The summed E-state index contributed by atoms with van der Waals surface area (Å²) in [6.07, 6.45) is 0.188. The summed E-state index contributed by atoms with van der Waals surface area (Å²) in [7, 11) is 0. The number of aliphatic hydroxyl groups excluding tert-OH is 1. The van der Waals surface area contributed by atoms with Gasteiger partial charge in [0.1, 0.15) is 6.04 Å². The van der Waals surface area contributed by atoms with Gasteiger partial charge in [0.15, 0.2) is 0 Å². The zero-order valence-corrected chi connectivity index (χ0v) is 11.3. The highest BCUT2D eigenvalue weighted by Gasteiger charge is 2.29. The summed E-state index contributed by atoms with van der Waals surface area (Å²) in [6.45, 7) is 2.54. The lowest BCUT2D eigenvalue weighted by molar-refractivity contribution is -0.145. The second-order valence-corrected chi connectivity index (χ2v) is 5.00. The fraction of sp³-hybridized carbons (Fsp3) is 0.750. The predicted molar refractivity (Wildman–Crippen MR) is 68.2 cm³/mol. The number of likely N-dealkylation sites (tertiary alicyclic amines) is 1. The molecule has 1 unspecified atom stereocenters. The number of hydrogen-bond acceptors (Lipinski definition) is 4. The number of hydrogen-bond donors (Lipinski definition) is 4. The van der Waals surface area contributed by atoms with Crippen LogP contribution in [0.25, 0.3) is 0 Å². The predicted octanol–water partition coefficient (Wildman–Crippen LogP) is -0.283. The zero-order valence-electron chi connectivity index (χ0n) is 11.3. The molecule has 4 N–H and O–H groups in total. The Morgan fingerprint density at radius 2 is 1.80 bits per heavy atom. The lowest BCUT2D eigenvalue weighted by atomic mass is 9.92. The minimum Gasteiger partial charge on any atom is -0.481 e. The van der Waals surface area contributed by atoms with Crippen molar-refractivity contribution in [2.24, 2.45) is 5.92 Å². The molecular weight excluding hydrogens is 268 g/mol. The van der Waals surface area contributed by atoms with Crippen LogP contribution in [-0.2, 0) is 9.59 Å². The molecule has 114 valence electrons. The highest BCUT2D eigenvalue weighted by molar-refractivity contribution is 5.86. The number of carboxylic acids is 2. The van der Waals surface area contributed by atoms with Gasteiger partial charge in [-0.3, -0.25) is 4.79 Å². The van der Waals surface area contributed by atoms with E-state index in [1.807, 2.05) is 0 Å². The molecule has 20 heavy (non-hydrogen) atoms. The first-order valence-corrected chi connectivity index (χ1v) is 6.49. The SMILES string of the molecule is CC(O)C1CCN(C(=O)N[C@@H](CC(=O)O)C(=O)O)CC1. The molecule has 1 rings (SSSR count). The molecule has 0 aliphatic carbocycles. The van der Waals surface area contributed by atoms with Gasteiger partial charge >= 0.3 is 18.0 Å². The van der Waals surface area contributed by atoms with Crippen molar-refractivity contribution in [3.63, 3.8) is 0 Å². The molecule has 0 radical (unpaired) electrons. The Morgan fingerprint density at radius 3 is 2.20 bits per heavy atom. The average molecular weight is 288 g/mol. The lowest BCUT2D eigenvalue weighted by Crippen LogP contribution is -2.51. The number of nitrogens with one attached hydrogen (secondary N) is 1. The van der Waals surface area contributed by atoms with Crippen LogP contribution in [0, 0.1) is 5.92 Å². The molecule has 2 atom stereocenters. The van der Waals surface area contributed by atoms with Gasteiger partial charge in [0.25, 0.3) is 0 Å². The van der Waals surface area contributed by atoms with Crippen molar-refractivity contribution in [2.45, 2.75) is 38.3 Å². The van der Waals surface area contributed by atoms with Crippen LogP contribution in [0.4, 0.5) is 4.79 Å². The van der Waals surface area contributed by atoms with Crippen molar-refractivity contribution in [3.8, 4) is 0 Å². The fourth-order valence-corrected chi connectivity index (χ4v) is 2.20. The summed E-state index contributed by atoms with van der Waals surface area (Å²) in [5, 5.41) is 29.1. The molecule has 0 aromatic heterocycles. The smallest absolute Gasteiger partial charge is 0.326 e. The molecule has 1 aliphatic heterocycles. The number of carbonyl (C=O) groups is 3. The van der Waals surface area contributed by atoms with E-state index in [1.165, 1.54) is 4.90 Å². The summed E-state index contributed by atoms with van der Waals surface area (Å²) >= 11 is 0. The third-order valence-electron chi connectivity index (χ3n) is 3.48. The Bertz CT molecular complexity index is 376. The molecule has 8 nitrogen and oxygen atoms in total. The van der Waals surface area contributed by atoms with E-state index in [2.05, 4.69) is 5.32 Å². The van der Waals surface area contributed by atoms with Gasteiger partial charge in [0.05, 0.1) is 12.5 Å². The van der Waals surface area contributed by atoms with Crippen LogP contribution >= 0.6 is 0 Å². The molecule has 2 amide bonds. The van der Waals surface area contributed by atoms with Gasteiger partial charge in [0, 0.05) is 13.1 Å². The van der Waals surface area contributed by atoms with Crippen molar-refractivity contribution < 1.29 is 29.7 Å². The summed E-state index contributed by atoms with van der Waals surface area (Å²) < 4.78 is 0. The lowest BCUT2D eigenvalue weighted by Gasteiger charge is -2.33. The van der Waals surface area contributed by atoms with E-state index in [0.29, 0.717) is 25.9 Å². The molecule has 0 spiro atoms. The van der Waals surface area contributed by atoms with Crippen molar-refractivity contribution >= 4 is 18.0 Å². The molecule has 8 heteroatoms. The van der Waals surface area contributed by atoms with Crippen LogP contribution in [-0.4, -0.2) is 63.4 Å². The van der Waals surface area contributed by atoms with Crippen molar-refractivity contribution in [2.75, 3.05) is 13.1 Å². The van der Waals surface area contributed by atoms with Gasteiger partial charge in [-0.1, -0.05) is 0 Å². The third-order valence-corrected chi connectivity index (χ3v) is 3.48. The summed E-state index contributed by atoms with van der Waals surface area (Å²) in [5.41, 5.74) is 0. The topological polar surface area (TPSA) is 127 Å². The molecule has 1 heterocycles.